The van der Waals surface area contributed by atoms with Crippen LogP contribution in [0.1, 0.15) is 0 Å². The van der Waals surface area contributed by atoms with Gasteiger partial charge in [-0.2, -0.15) is 4.98 Å². The molecule has 4 rings (SSSR count). The molecule has 11 heteroatoms. The van der Waals surface area contributed by atoms with Crippen molar-refractivity contribution in [2.45, 2.75) is 4.90 Å². The monoisotopic (exact) mass is 497 g/mol. The third-order valence-electron chi connectivity index (χ3n) is 5.09. The van der Waals surface area contributed by atoms with Crippen molar-refractivity contribution in [2.75, 3.05) is 33.2 Å². The standard InChI is InChI=1S/C24H23N3O7S/c1-30-18-9-11-20(32-3)22(14-18)35(28,29)27-17-7-5-6-15(12-17)23-25-24(34-26-23)16-8-10-19(31-2)21(13-16)33-4/h5-14,27H,1-4H3. The van der Waals surface area contributed by atoms with Gasteiger partial charge in [0.15, 0.2) is 11.5 Å². The summed E-state index contributed by atoms with van der Waals surface area (Å²) >= 11 is 0. The molecule has 0 radical (unpaired) electrons. The second-order valence-corrected chi connectivity index (χ2v) is 8.85. The number of nitrogens with zero attached hydrogens (tertiary/aromatic N) is 2. The van der Waals surface area contributed by atoms with Gasteiger partial charge in [0.1, 0.15) is 16.4 Å². The van der Waals surface area contributed by atoms with E-state index in [9.17, 15) is 8.42 Å². The minimum absolute atomic E-state index is 0.0555. The van der Waals surface area contributed by atoms with Crippen LogP contribution in [-0.4, -0.2) is 47.0 Å². The van der Waals surface area contributed by atoms with Crippen molar-refractivity contribution < 1.29 is 31.9 Å². The van der Waals surface area contributed by atoms with Gasteiger partial charge < -0.3 is 23.5 Å². The second kappa shape index (κ2) is 9.94. The van der Waals surface area contributed by atoms with Crippen LogP contribution in [0.3, 0.4) is 0 Å². The van der Waals surface area contributed by atoms with Gasteiger partial charge in [-0.25, -0.2) is 8.42 Å². The molecule has 3 aromatic carbocycles. The Morgan fingerprint density at radius 2 is 1.51 bits per heavy atom. The molecule has 0 spiro atoms. The number of methoxy groups -OCH3 is 4. The van der Waals surface area contributed by atoms with Crippen LogP contribution < -0.4 is 23.7 Å². The molecule has 0 atom stereocenters. The molecule has 1 heterocycles. The third kappa shape index (κ3) is 4.99. The van der Waals surface area contributed by atoms with Crippen molar-refractivity contribution in [3.05, 3.63) is 60.7 Å². The quantitative estimate of drug-likeness (QED) is 0.362. The average molecular weight is 498 g/mol. The minimum Gasteiger partial charge on any atom is -0.497 e. The zero-order chi connectivity index (χ0) is 25.0. The van der Waals surface area contributed by atoms with Gasteiger partial charge >= 0.3 is 0 Å². The lowest BCUT2D eigenvalue weighted by Crippen LogP contribution is -2.14. The first kappa shape index (κ1) is 23.9. The van der Waals surface area contributed by atoms with Crippen molar-refractivity contribution in [2.24, 2.45) is 0 Å². The maximum absolute atomic E-state index is 13.1. The zero-order valence-electron chi connectivity index (χ0n) is 19.4. The van der Waals surface area contributed by atoms with E-state index in [2.05, 4.69) is 14.9 Å². The van der Waals surface area contributed by atoms with Crippen molar-refractivity contribution in [3.8, 4) is 45.8 Å². The number of aromatic nitrogens is 2. The highest BCUT2D eigenvalue weighted by Gasteiger charge is 2.21. The molecule has 1 N–H and O–H groups in total. The number of hydrogen-bond donors (Lipinski definition) is 1. The molecule has 0 unspecified atom stereocenters. The number of benzene rings is 3. The van der Waals surface area contributed by atoms with E-state index >= 15 is 0 Å². The summed E-state index contributed by atoms with van der Waals surface area (Å²) in [6.45, 7) is 0. The highest BCUT2D eigenvalue weighted by atomic mass is 32.2. The van der Waals surface area contributed by atoms with E-state index in [0.29, 0.717) is 34.1 Å². The number of anilines is 1. The van der Waals surface area contributed by atoms with Gasteiger partial charge in [-0.3, -0.25) is 4.72 Å². The van der Waals surface area contributed by atoms with Gasteiger partial charge in [-0.15, -0.1) is 0 Å². The lowest BCUT2D eigenvalue weighted by atomic mass is 10.2. The van der Waals surface area contributed by atoms with Crippen LogP contribution in [-0.2, 0) is 10.0 Å². The van der Waals surface area contributed by atoms with E-state index in [1.165, 1.54) is 33.5 Å². The first-order chi connectivity index (χ1) is 16.9. The van der Waals surface area contributed by atoms with Crippen molar-refractivity contribution in [3.63, 3.8) is 0 Å². The van der Waals surface area contributed by atoms with Crippen LogP contribution in [0.25, 0.3) is 22.8 Å². The Bertz CT molecular complexity index is 1450. The Morgan fingerprint density at radius 1 is 0.771 bits per heavy atom. The summed E-state index contributed by atoms with van der Waals surface area (Å²) in [6, 6.07) is 16.4. The molecular weight excluding hydrogens is 474 g/mol. The van der Waals surface area contributed by atoms with Crippen LogP contribution in [0, 0.1) is 0 Å². The summed E-state index contributed by atoms with van der Waals surface area (Å²) in [5, 5.41) is 4.03. The van der Waals surface area contributed by atoms with Crippen LogP contribution in [0.5, 0.6) is 23.0 Å². The number of rotatable bonds is 9. The van der Waals surface area contributed by atoms with Crippen LogP contribution >= 0.6 is 0 Å². The fraction of sp³-hybridized carbons (Fsp3) is 0.167. The molecule has 0 amide bonds. The fourth-order valence-electron chi connectivity index (χ4n) is 3.35. The molecule has 0 aliphatic rings. The lowest BCUT2D eigenvalue weighted by molar-refractivity contribution is 0.355. The molecule has 35 heavy (non-hydrogen) atoms. The van der Waals surface area contributed by atoms with Crippen molar-refractivity contribution >= 4 is 15.7 Å². The van der Waals surface area contributed by atoms with Crippen LogP contribution in [0.2, 0.25) is 0 Å². The molecule has 4 aromatic rings. The molecule has 0 aliphatic carbocycles. The third-order valence-corrected chi connectivity index (χ3v) is 6.49. The molecule has 0 aliphatic heterocycles. The number of nitrogens with one attached hydrogen (secondary N) is 1. The summed E-state index contributed by atoms with van der Waals surface area (Å²) < 4.78 is 55.1. The number of hydrogen-bond acceptors (Lipinski definition) is 9. The summed E-state index contributed by atoms with van der Waals surface area (Å²) in [4.78, 5) is 4.38. The van der Waals surface area contributed by atoms with Gasteiger partial charge in [0.2, 0.25) is 5.82 Å². The molecule has 0 saturated heterocycles. The summed E-state index contributed by atoms with van der Waals surface area (Å²) in [7, 11) is 1.95. The molecule has 1 aromatic heterocycles. The molecular formula is C24H23N3O7S. The molecule has 10 nitrogen and oxygen atoms in total. The van der Waals surface area contributed by atoms with Crippen molar-refractivity contribution in [1.82, 2.24) is 10.1 Å². The first-order valence-corrected chi connectivity index (χ1v) is 11.8. The van der Waals surface area contributed by atoms with Crippen LogP contribution in [0.4, 0.5) is 5.69 Å². The average Bonchev–Trinajstić information content (AvgIpc) is 3.38. The minimum atomic E-state index is -3.98. The predicted molar refractivity (Wildman–Crippen MR) is 129 cm³/mol. The van der Waals surface area contributed by atoms with E-state index in [0.717, 1.165) is 0 Å². The Hall–Kier alpha value is -4.25. The zero-order valence-corrected chi connectivity index (χ0v) is 20.3. The highest BCUT2D eigenvalue weighted by Crippen LogP contribution is 2.33. The van der Waals surface area contributed by atoms with Gasteiger partial charge in [-0.1, -0.05) is 17.3 Å². The predicted octanol–water partition coefficient (Wildman–Crippen LogP) is 4.24. The van der Waals surface area contributed by atoms with E-state index in [1.54, 1.807) is 55.6 Å². The smallest absolute Gasteiger partial charge is 0.265 e. The van der Waals surface area contributed by atoms with E-state index in [4.69, 9.17) is 23.5 Å². The summed E-state index contributed by atoms with van der Waals surface area (Å²) in [5.74, 6) is 2.22. The van der Waals surface area contributed by atoms with Gasteiger partial charge in [0.25, 0.3) is 15.9 Å². The SMILES string of the molecule is COc1ccc(OC)c(S(=O)(=O)Nc2cccc(-c3noc(-c4ccc(OC)c(OC)c4)n3)c2)c1. The topological polar surface area (TPSA) is 122 Å². The maximum Gasteiger partial charge on any atom is 0.265 e. The van der Waals surface area contributed by atoms with Gasteiger partial charge in [-0.05, 0) is 42.5 Å². The Kier molecular flexibility index (Phi) is 6.78. The summed E-state index contributed by atoms with van der Waals surface area (Å²) in [6.07, 6.45) is 0. The Labute approximate surface area is 202 Å². The molecule has 0 bridgehead atoms. The normalized spacial score (nSPS) is 11.1. The highest BCUT2D eigenvalue weighted by molar-refractivity contribution is 7.92. The lowest BCUT2D eigenvalue weighted by Gasteiger charge is -2.13. The van der Waals surface area contributed by atoms with Gasteiger partial charge in [0.05, 0.1) is 28.4 Å². The first-order valence-electron chi connectivity index (χ1n) is 10.3. The van der Waals surface area contributed by atoms with E-state index in [-0.39, 0.29) is 22.4 Å². The number of ether oxygens (including phenoxy) is 4. The molecule has 182 valence electrons. The maximum atomic E-state index is 13.1. The van der Waals surface area contributed by atoms with E-state index < -0.39 is 10.0 Å². The van der Waals surface area contributed by atoms with E-state index in [1.807, 2.05) is 0 Å². The fourth-order valence-corrected chi connectivity index (χ4v) is 4.59. The van der Waals surface area contributed by atoms with Crippen molar-refractivity contribution in [1.29, 1.82) is 0 Å². The molecule has 0 fully saturated rings. The second-order valence-electron chi connectivity index (χ2n) is 7.20. The Morgan fingerprint density at radius 3 is 2.23 bits per heavy atom. The molecule has 0 saturated carbocycles. The van der Waals surface area contributed by atoms with Gasteiger partial charge in [0, 0.05) is 22.9 Å². The summed E-state index contributed by atoms with van der Waals surface area (Å²) in [5.41, 5.74) is 1.51. The number of sulfonamides is 1. The largest absolute Gasteiger partial charge is 0.497 e. The van der Waals surface area contributed by atoms with Crippen LogP contribution in [0.15, 0.2) is 70.1 Å². The Balaban J connectivity index is 1.62.